The highest BCUT2D eigenvalue weighted by Gasteiger charge is 2.17. The Morgan fingerprint density at radius 3 is 2.88 bits per heavy atom. The Balaban J connectivity index is 2.44. The minimum atomic E-state index is -0.382. The van der Waals surface area contributed by atoms with Crippen molar-refractivity contribution in [2.75, 3.05) is 25.1 Å². The molecule has 1 aromatic heterocycles. The molecule has 2 N–H and O–H groups in total. The number of nitrogens with zero attached hydrogens (tertiary/aromatic N) is 2. The molecule has 0 amide bonds. The first kappa shape index (κ1) is 13.2. The monoisotopic (exact) mass is 245 g/mol. The zero-order chi connectivity index (χ0) is 12.0. The summed E-state index contributed by atoms with van der Waals surface area (Å²) in [5.41, 5.74) is -0.382. The summed E-state index contributed by atoms with van der Waals surface area (Å²) in [6.07, 6.45) is 3.06. The molecular formula is C10H16ClN3O2. The highest BCUT2D eigenvalue weighted by molar-refractivity contribution is 6.29. The smallest absolute Gasteiger partial charge is 0.149 e. The summed E-state index contributed by atoms with van der Waals surface area (Å²) in [5, 5.41) is 12.1. The Hall–Kier alpha value is -0.910. The number of rotatable bonds is 6. The van der Waals surface area contributed by atoms with Gasteiger partial charge in [0.1, 0.15) is 11.0 Å². The van der Waals surface area contributed by atoms with Crippen molar-refractivity contribution in [1.29, 1.82) is 0 Å². The molecule has 0 aliphatic rings. The molecule has 0 bridgehead atoms. The second-order valence-corrected chi connectivity index (χ2v) is 4.30. The largest absolute Gasteiger partial charge is 0.394 e. The van der Waals surface area contributed by atoms with Crippen LogP contribution in [-0.2, 0) is 4.74 Å². The van der Waals surface area contributed by atoms with E-state index in [2.05, 4.69) is 15.3 Å². The standard InChI is InChI=1S/C10H16ClN3O2/c1-10(2,16-4-3-15)7-13-9-6-12-5-8(11)14-9/h5-6,15H,3-4,7H2,1-2H3,(H,13,14). The maximum atomic E-state index is 8.67. The molecule has 0 fully saturated rings. The Bertz CT molecular complexity index is 334. The van der Waals surface area contributed by atoms with Crippen LogP contribution in [0.5, 0.6) is 0 Å². The molecule has 90 valence electrons. The summed E-state index contributed by atoms with van der Waals surface area (Å²) >= 11 is 5.70. The number of aliphatic hydroxyl groups is 1. The zero-order valence-corrected chi connectivity index (χ0v) is 10.2. The highest BCUT2D eigenvalue weighted by Crippen LogP contribution is 2.12. The van der Waals surface area contributed by atoms with Gasteiger partial charge in [-0.25, -0.2) is 4.98 Å². The lowest BCUT2D eigenvalue weighted by molar-refractivity contribution is -0.0238. The molecule has 1 heterocycles. The summed E-state index contributed by atoms with van der Waals surface area (Å²) in [7, 11) is 0. The van der Waals surface area contributed by atoms with Crippen molar-refractivity contribution < 1.29 is 9.84 Å². The van der Waals surface area contributed by atoms with Crippen LogP contribution in [0.15, 0.2) is 12.4 Å². The number of halogens is 1. The number of ether oxygens (including phenoxy) is 1. The first-order valence-corrected chi connectivity index (χ1v) is 5.37. The van der Waals surface area contributed by atoms with Crippen molar-refractivity contribution in [2.45, 2.75) is 19.4 Å². The number of anilines is 1. The minimum Gasteiger partial charge on any atom is -0.394 e. The van der Waals surface area contributed by atoms with Gasteiger partial charge in [-0.2, -0.15) is 0 Å². The van der Waals surface area contributed by atoms with Crippen LogP contribution < -0.4 is 5.32 Å². The zero-order valence-electron chi connectivity index (χ0n) is 9.40. The molecule has 0 unspecified atom stereocenters. The molecule has 16 heavy (non-hydrogen) atoms. The van der Waals surface area contributed by atoms with Crippen molar-refractivity contribution in [3.63, 3.8) is 0 Å². The molecular weight excluding hydrogens is 230 g/mol. The third-order valence-corrected chi connectivity index (χ3v) is 2.07. The number of hydrogen-bond acceptors (Lipinski definition) is 5. The van der Waals surface area contributed by atoms with E-state index >= 15 is 0 Å². The molecule has 0 saturated heterocycles. The van der Waals surface area contributed by atoms with Crippen molar-refractivity contribution in [2.24, 2.45) is 0 Å². The van der Waals surface area contributed by atoms with E-state index in [1.54, 1.807) is 6.20 Å². The first-order valence-electron chi connectivity index (χ1n) is 5.00. The fourth-order valence-corrected chi connectivity index (χ4v) is 1.25. The second-order valence-electron chi connectivity index (χ2n) is 3.91. The lowest BCUT2D eigenvalue weighted by Crippen LogP contribution is -2.34. The lowest BCUT2D eigenvalue weighted by Gasteiger charge is -2.25. The van der Waals surface area contributed by atoms with Gasteiger partial charge in [0.2, 0.25) is 0 Å². The van der Waals surface area contributed by atoms with Crippen LogP contribution in [-0.4, -0.2) is 40.4 Å². The molecule has 1 aromatic rings. The van der Waals surface area contributed by atoms with Gasteiger partial charge in [-0.1, -0.05) is 11.6 Å². The van der Waals surface area contributed by atoms with Crippen molar-refractivity contribution >= 4 is 17.4 Å². The van der Waals surface area contributed by atoms with E-state index in [1.165, 1.54) is 6.20 Å². The van der Waals surface area contributed by atoms with Crippen LogP contribution in [0.3, 0.4) is 0 Å². The Labute approximate surface area is 99.8 Å². The van der Waals surface area contributed by atoms with Gasteiger partial charge in [0.05, 0.1) is 31.2 Å². The molecule has 0 aliphatic carbocycles. The number of aromatic nitrogens is 2. The van der Waals surface area contributed by atoms with Crippen molar-refractivity contribution in [3.8, 4) is 0 Å². The van der Waals surface area contributed by atoms with E-state index in [1.807, 2.05) is 13.8 Å². The van der Waals surface area contributed by atoms with E-state index in [0.29, 0.717) is 24.1 Å². The molecule has 0 aromatic carbocycles. The minimum absolute atomic E-state index is 0.0143. The van der Waals surface area contributed by atoms with Gasteiger partial charge >= 0.3 is 0 Å². The van der Waals surface area contributed by atoms with Crippen molar-refractivity contribution in [1.82, 2.24) is 9.97 Å². The van der Waals surface area contributed by atoms with E-state index in [-0.39, 0.29) is 12.2 Å². The maximum absolute atomic E-state index is 8.67. The highest BCUT2D eigenvalue weighted by atomic mass is 35.5. The van der Waals surface area contributed by atoms with Crippen LogP contribution in [0.25, 0.3) is 0 Å². The number of hydrogen-bond donors (Lipinski definition) is 2. The summed E-state index contributed by atoms with van der Waals surface area (Å²) < 4.78 is 5.44. The topological polar surface area (TPSA) is 67.3 Å². The molecule has 0 saturated carbocycles. The molecule has 0 atom stereocenters. The molecule has 5 nitrogen and oxygen atoms in total. The molecule has 0 aliphatic heterocycles. The normalized spacial score (nSPS) is 11.5. The SMILES string of the molecule is CC(C)(CNc1cncc(Cl)n1)OCCO. The van der Waals surface area contributed by atoms with Crippen molar-refractivity contribution in [3.05, 3.63) is 17.5 Å². The van der Waals surface area contributed by atoms with Gasteiger partial charge in [0.25, 0.3) is 0 Å². The summed E-state index contributed by atoms with van der Waals surface area (Å²) in [6, 6.07) is 0. The molecule has 0 radical (unpaired) electrons. The fraction of sp³-hybridized carbons (Fsp3) is 0.600. The second kappa shape index (κ2) is 5.98. The average Bonchev–Trinajstić information content (AvgIpc) is 2.24. The van der Waals surface area contributed by atoms with E-state index in [9.17, 15) is 0 Å². The molecule has 0 spiro atoms. The first-order chi connectivity index (χ1) is 7.53. The predicted octanol–water partition coefficient (Wildman–Crippen LogP) is 1.33. The summed E-state index contributed by atoms with van der Waals surface area (Å²) in [5.74, 6) is 0.605. The van der Waals surface area contributed by atoms with Crippen LogP contribution in [0, 0.1) is 0 Å². The van der Waals surface area contributed by atoms with Crippen LogP contribution >= 0.6 is 11.6 Å². The third-order valence-electron chi connectivity index (χ3n) is 1.88. The Morgan fingerprint density at radius 2 is 2.25 bits per heavy atom. The van der Waals surface area contributed by atoms with Crippen LogP contribution in [0.4, 0.5) is 5.82 Å². The summed E-state index contributed by atoms with van der Waals surface area (Å²) in [6.45, 7) is 4.74. The van der Waals surface area contributed by atoms with E-state index in [0.717, 1.165) is 0 Å². The maximum Gasteiger partial charge on any atom is 0.149 e. The van der Waals surface area contributed by atoms with Gasteiger partial charge in [-0.05, 0) is 13.8 Å². The van der Waals surface area contributed by atoms with E-state index in [4.69, 9.17) is 21.4 Å². The summed E-state index contributed by atoms with van der Waals surface area (Å²) in [4.78, 5) is 7.95. The van der Waals surface area contributed by atoms with Gasteiger partial charge in [0, 0.05) is 6.54 Å². The number of nitrogens with one attached hydrogen (secondary N) is 1. The van der Waals surface area contributed by atoms with E-state index < -0.39 is 0 Å². The van der Waals surface area contributed by atoms with Gasteiger partial charge in [0.15, 0.2) is 0 Å². The fourth-order valence-electron chi connectivity index (χ4n) is 1.10. The lowest BCUT2D eigenvalue weighted by atomic mass is 10.1. The molecule has 1 rings (SSSR count). The van der Waals surface area contributed by atoms with Crippen LogP contribution in [0.1, 0.15) is 13.8 Å². The average molecular weight is 246 g/mol. The van der Waals surface area contributed by atoms with Gasteiger partial charge < -0.3 is 15.2 Å². The Morgan fingerprint density at radius 1 is 1.50 bits per heavy atom. The van der Waals surface area contributed by atoms with Gasteiger partial charge in [-0.15, -0.1) is 0 Å². The number of aliphatic hydroxyl groups excluding tert-OH is 1. The quantitative estimate of drug-likeness (QED) is 0.792. The van der Waals surface area contributed by atoms with Crippen LogP contribution in [0.2, 0.25) is 5.15 Å². The molecule has 6 heteroatoms. The third kappa shape index (κ3) is 4.74. The Kier molecular flexibility index (Phi) is 4.92. The van der Waals surface area contributed by atoms with Gasteiger partial charge in [-0.3, -0.25) is 4.98 Å². The predicted molar refractivity (Wildman–Crippen MR) is 62.6 cm³/mol.